The smallest absolute Gasteiger partial charge is 0.240 e. The van der Waals surface area contributed by atoms with Gasteiger partial charge in [-0.3, -0.25) is 0 Å². The normalized spacial score (nSPS) is 13.1. The van der Waals surface area contributed by atoms with Gasteiger partial charge in [0.15, 0.2) is 0 Å². The minimum atomic E-state index is -3.50. The number of hydrogen-bond acceptors (Lipinski definition) is 5. The van der Waals surface area contributed by atoms with Crippen LogP contribution in [0.3, 0.4) is 0 Å². The zero-order valence-electron chi connectivity index (χ0n) is 11.2. The second-order valence-corrected chi connectivity index (χ2v) is 6.18. The quantitative estimate of drug-likeness (QED) is 0.616. The van der Waals surface area contributed by atoms with Crippen molar-refractivity contribution in [3.05, 3.63) is 36.4 Å². The number of nitrogens with zero attached hydrogens (tertiary/aromatic N) is 1. The molecule has 2 aromatic rings. The summed E-state index contributed by atoms with van der Waals surface area (Å²) in [6, 6.07) is 4.39. The third-order valence-electron chi connectivity index (χ3n) is 2.91. The van der Waals surface area contributed by atoms with Crippen LogP contribution >= 0.6 is 0 Å². The van der Waals surface area contributed by atoms with E-state index >= 15 is 0 Å². The maximum absolute atomic E-state index is 11.8. The Kier molecular flexibility index (Phi) is 3.96. The Labute approximate surface area is 117 Å². The molecule has 7 nitrogen and oxygen atoms in total. The minimum Gasteiger partial charge on any atom is -0.397 e. The third kappa shape index (κ3) is 2.91. The maximum atomic E-state index is 11.8. The molecule has 0 bridgehead atoms. The number of sulfonamides is 1. The van der Waals surface area contributed by atoms with Crippen LogP contribution in [0, 0.1) is 0 Å². The summed E-state index contributed by atoms with van der Waals surface area (Å²) < 4.78 is 25.8. The van der Waals surface area contributed by atoms with Crippen LogP contribution in [-0.2, 0) is 10.0 Å². The Morgan fingerprint density at radius 2 is 2.15 bits per heavy atom. The van der Waals surface area contributed by atoms with Crippen molar-refractivity contribution < 1.29 is 8.42 Å². The van der Waals surface area contributed by atoms with E-state index in [2.05, 4.69) is 20.0 Å². The zero-order valence-corrected chi connectivity index (χ0v) is 12.0. The van der Waals surface area contributed by atoms with E-state index in [0.717, 1.165) is 5.82 Å². The summed E-state index contributed by atoms with van der Waals surface area (Å²) in [5.74, 6) is 0.742. The molecule has 0 spiro atoms. The van der Waals surface area contributed by atoms with Crippen molar-refractivity contribution in [2.75, 3.05) is 18.1 Å². The Balaban J connectivity index is 2.30. The number of benzene rings is 1. The minimum absolute atomic E-state index is 0.125. The molecule has 1 aromatic carbocycles. The van der Waals surface area contributed by atoms with Crippen LogP contribution in [0.1, 0.15) is 18.8 Å². The van der Waals surface area contributed by atoms with Gasteiger partial charge in [0.25, 0.3) is 0 Å². The highest BCUT2D eigenvalue weighted by Gasteiger charge is 2.15. The first-order valence-electron chi connectivity index (χ1n) is 6.03. The van der Waals surface area contributed by atoms with Crippen LogP contribution in [0.4, 0.5) is 11.4 Å². The fourth-order valence-corrected chi connectivity index (χ4v) is 2.52. The number of aromatic amines is 1. The first-order chi connectivity index (χ1) is 9.44. The summed E-state index contributed by atoms with van der Waals surface area (Å²) in [6.45, 7) is 1.90. The van der Waals surface area contributed by atoms with Gasteiger partial charge in [-0.1, -0.05) is 0 Å². The van der Waals surface area contributed by atoms with E-state index in [9.17, 15) is 8.42 Å². The van der Waals surface area contributed by atoms with Crippen molar-refractivity contribution in [2.24, 2.45) is 0 Å². The molecule has 1 unspecified atom stereocenters. The van der Waals surface area contributed by atoms with Gasteiger partial charge in [-0.15, -0.1) is 0 Å². The molecule has 0 aliphatic carbocycles. The second kappa shape index (κ2) is 5.51. The number of anilines is 2. The lowest BCUT2D eigenvalue weighted by Crippen LogP contribution is -2.19. The van der Waals surface area contributed by atoms with Gasteiger partial charge in [0, 0.05) is 12.4 Å². The topological polar surface area (TPSA) is 113 Å². The molecule has 0 amide bonds. The van der Waals surface area contributed by atoms with Crippen LogP contribution in [0.5, 0.6) is 0 Å². The summed E-state index contributed by atoms with van der Waals surface area (Å²) >= 11 is 0. The fourth-order valence-electron chi connectivity index (χ4n) is 1.76. The standard InChI is InChI=1S/C12H17N5O2S/c1-8(12-15-5-6-16-12)17-11-7-9(3-4-10(11)13)20(18,19)14-2/h3-8,14,17H,13H2,1-2H3,(H,15,16). The molecule has 1 aromatic heterocycles. The number of imidazole rings is 1. The zero-order chi connectivity index (χ0) is 14.8. The number of aromatic nitrogens is 2. The van der Waals surface area contributed by atoms with Gasteiger partial charge in [0.1, 0.15) is 5.82 Å². The molecular weight excluding hydrogens is 278 g/mol. The van der Waals surface area contributed by atoms with Crippen LogP contribution in [0.25, 0.3) is 0 Å². The Morgan fingerprint density at radius 1 is 1.40 bits per heavy atom. The van der Waals surface area contributed by atoms with Gasteiger partial charge in [0.05, 0.1) is 22.3 Å². The molecule has 0 saturated carbocycles. The van der Waals surface area contributed by atoms with Crippen LogP contribution in [-0.4, -0.2) is 25.4 Å². The highest BCUT2D eigenvalue weighted by atomic mass is 32.2. The van der Waals surface area contributed by atoms with Crippen LogP contribution in [0.2, 0.25) is 0 Å². The third-order valence-corrected chi connectivity index (χ3v) is 4.32. The van der Waals surface area contributed by atoms with Crippen molar-refractivity contribution in [3.63, 3.8) is 0 Å². The number of H-pyrrole nitrogens is 1. The molecule has 0 aliphatic heterocycles. The second-order valence-electron chi connectivity index (χ2n) is 4.30. The predicted molar refractivity (Wildman–Crippen MR) is 77.7 cm³/mol. The summed E-state index contributed by atoms with van der Waals surface area (Å²) in [6.07, 6.45) is 3.37. The average molecular weight is 295 g/mol. The molecule has 108 valence electrons. The van der Waals surface area contributed by atoms with E-state index in [1.54, 1.807) is 18.5 Å². The molecular formula is C12H17N5O2S. The summed E-state index contributed by atoms with van der Waals surface area (Å²) in [4.78, 5) is 7.28. The van der Waals surface area contributed by atoms with Crippen LogP contribution < -0.4 is 15.8 Å². The van der Waals surface area contributed by atoms with Gasteiger partial charge < -0.3 is 16.0 Å². The predicted octanol–water partition coefficient (Wildman–Crippen LogP) is 1.07. The van der Waals surface area contributed by atoms with E-state index < -0.39 is 10.0 Å². The molecule has 8 heteroatoms. The van der Waals surface area contributed by atoms with Crippen molar-refractivity contribution in [1.82, 2.24) is 14.7 Å². The monoisotopic (exact) mass is 295 g/mol. The van der Waals surface area contributed by atoms with Gasteiger partial charge in [-0.05, 0) is 32.2 Å². The van der Waals surface area contributed by atoms with E-state index in [1.807, 2.05) is 6.92 Å². The lowest BCUT2D eigenvalue weighted by atomic mass is 10.2. The van der Waals surface area contributed by atoms with Gasteiger partial charge >= 0.3 is 0 Å². The molecule has 2 rings (SSSR count). The number of nitrogens with two attached hydrogens (primary N) is 1. The van der Waals surface area contributed by atoms with Crippen molar-refractivity contribution in [2.45, 2.75) is 17.9 Å². The lowest BCUT2D eigenvalue weighted by molar-refractivity contribution is 0.588. The number of hydrogen-bond donors (Lipinski definition) is 4. The van der Waals surface area contributed by atoms with E-state index in [4.69, 9.17) is 5.73 Å². The largest absolute Gasteiger partial charge is 0.397 e. The van der Waals surface area contributed by atoms with Gasteiger partial charge in [-0.2, -0.15) is 0 Å². The highest BCUT2D eigenvalue weighted by Crippen LogP contribution is 2.26. The van der Waals surface area contributed by atoms with Crippen molar-refractivity contribution in [1.29, 1.82) is 0 Å². The summed E-state index contributed by atoms with van der Waals surface area (Å²) in [7, 11) is -2.13. The summed E-state index contributed by atoms with van der Waals surface area (Å²) in [5.41, 5.74) is 6.88. The lowest BCUT2D eigenvalue weighted by Gasteiger charge is -2.16. The Morgan fingerprint density at radius 3 is 2.75 bits per heavy atom. The molecule has 20 heavy (non-hydrogen) atoms. The maximum Gasteiger partial charge on any atom is 0.240 e. The highest BCUT2D eigenvalue weighted by molar-refractivity contribution is 7.89. The SMILES string of the molecule is CNS(=O)(=O)c1ccc(N)c(NC(C)c2ncc[nH]2)c1. The van der Waals surface area contributed by atoms with Gasteiger partial charge in [0.2, 0.25) is 10.0 Å². The van der Waals surface area contributed by atoms with Crippen molar-refractivity contribution >= 4 is 21.4 Å². The molecule has 0 aliphatic rings. The Hall–Kier alpha value is -2.06. The first-order valence-corrected chi connectivity index (χ1v) is 7.51. The molecule has 5 N–H and O–H groups in total. The van der Waals surface area contributed by atoms with E-state index in [0.29, 0.717) is 11.4 Å². The number of nitrogen functional groups attached to an aromatic ring is 1. The van der Waals surface area contributed by atoms with Gasteiger partial charge in [-0.25, -0.2) is 18.1 Å². The van der Waals surface area contributed by atoms with E-state index in [1.165, 1.54) is 19.2 Å². The Bertz CT molecular complexity index is 682. The summed E-state index contributed by atoms with van der Waals surface area (Å²) in [5, 5.41) is 3.14. The molecule has 0 saturated heterocycles. The first kappa shape index (κ1) is 14.4. The molecule has 1 heterocycles. The van der Waals surface area contributed by atoms with Crippen molar-refractivity contribution in [3.8, 4) is 0 Å². The van der Waals surface area contributed by atoms with Crippen LogP contribution in [0.15, 0.2) is 35.5 Å². The fraction of sp³-hybridized carbons (Fsp3) is 0.250. The molecule has 1 atom stereocenters. The number of nitrogens with one attached hydrogen (secondary N) is 3. The number of rotatable bonds is 5. The molecule has 0 radical (unpaired) electrons. The average Bonchev–Trinajstić information content (AvgIpc) is 2.95. The molecule has 0 fully saturated rings. The van der Waals surface area contributed by atoms with E-state index in [-0.39, 0.29) is 10.9 Å².